The third kappa shape index (κ3) is 3.46. The van der Waals surface area contributed by atoms with E-state index < -0.39 is 0 Å². The molecule has 1 N–H and O–H groups in total. The molecule has 2 unspecified atom stereocenters. The number of rotatable bonds is 4. The fourth-order valence-corrected chi connectivity index (χ4v) is 3.10. The number of hydrogen-bond acceptors (Lipinski definition) is 4. The lowest BCUT2D eigenvalue weighted by atomic mass is 9.98. The summed E-state index contributed by atoms with van der Waals surface area (Å²) in [6.45, 7) is 5.97. The molecule has 110 valence electrons. The van der Waals surface area contributed by atoms with Gasteiger partial charge in [0, 0.05) is 25.2 Å². The molecule has 0 aromatic carbocycles. The van der Waals surface area contributed by atoms with Gasteiger partial charge in [0.15, 0.2) is 0 Å². The second-order valence-corrected chi connectivity index (χ2v) is 5.83. The van der Waals surface area contributed by atoms with Gasteiger partial charge in [-0.25, -0.2) is 0 Å². The minimum absolute atomic E-state index is 0.0101. The number of amides is 1. The molecule has 5 nitrogen and oxygen atoms in total. The van der Waals surface area contributed by atoms with Crippen LogP contribution in [-0.2, 0) is 9.53 Å². The van der Waals surface area contributed by atoms with Crippen molar-refractivity contribution in [2.75, 3.05) is 46.9 Å². The van der Waals surface area contributed by atoms with Crippen molar-refractivity contribution >= 4 is 5.91 Å². The highest BCUT2D eigenvalue weighted by Crippen LogP contribution is 2.21. The maximum Gasteiger partial charge on any atom is 0.229 e. The number of nitrogens with zero attached hydrogens (tertiary/aromatic N) is 2. The summed E-state index contributed by atoms with van der Waals surface area (Å²) in [6, 6.07) is 0.817. The number of likely N-dealkylation sites (tertiary alicyclic amines) is 1. The number of piperidine rings is 1. The predicted octanol–water partition coefficient (Wildman–Crippen LogP) is 0.164. The van der Waals surface area contributed by atoms with E-state index in [1.165, 1.54) is 0 Å². The molecular weight excluding hydrogens is 242 g/mol. The number of ether oxygens (including phenoxy) is 1. The second kappa shape index (κ2) is 6.68. The monoisotopic (exact) mass is 269 g/mol. The van der Waals surface area contributed by atoms with Crippen molar-refractivity contribution in [3.05, 3.63) is 0 Å². The van der Waals surface area contributed by atoms with Gasteiger partial charge in [0.05, 0.1) is 19.1 Å². The zero-order chi connectivity index (χ0) is 13.8. The first-order valence-electron chi connectivity index (χ1n) is 7.39. The molecule has 0 spiro atoms. The Hall–Kier alpha value is -0.650. The van der Waals surface area contributed by atoms with Gasteiger partial charge in [0.2, 0.25) is 5.91 Å². The van der Waals surface area contributed by atoms with Gasteiger partial charge < -0.3 is 19.9 Å². The molecule has 5 heteroatoms. The van der Waals surface area contributed by atoms with Crippen LogP contribution in [0.1, 0.15) is 19.8 Å². The number of hydrogen-bond donors (Lipinski definition) is 1. The lowest BCUT2D eigenvalue weighted by molar-refractivity contribution is -0.137. The van der Waals surface area contributed by atoms with Crippen molar-refractivity contribution in [1.82, 2.24) is 15.1 Å². The van der Waals surface area contributed by atoms with Crippen LogP contribution in [0.25, 0.3) is 0 Å². The van der Waals surface area contributed by atoms with Crippen LogP contribution < -0.4 is 5.32 Å². The molecule has 0 aliphatic carbocycles. The first-order valence-corrected chi connectivity index (χ1v) is 7.39. The lowest BCUT2D eigenvalue weighted by Gasteiger charge is -2.36. The highest BCUT2D eigenvalue weighted by Gasteiger charge is 2.37. The van der Waals surface area contributed by atoms with Crippen LogP contribution in [0.5, 0.6) is 0 Å². The standard InChI is InChI=1S/C14H27N3O2/c1-4-15-13-10-19-9-12(13)14(18)17-7-5-11(6-8-17)16(2)3/h11-13,15H,4-10H2,1-3H3. The van der Waals surface area contributed by atoms with Crippen molar-refractivity contribution in [2.45, 2.75) is 31.8 Å². The SMILES string of the molecule is CCNC1COCC1C(=O)N1CCC(N(C)C)CC1. The topological polar surface area (TPSA) is 44.8 Å². The highest BCUT2D eigenvalue weighted by molar-refractivity contribution is 5.80. The van der Waals surface area contributed by atoms with E-state index in [9.17, 15) is 4.79 Å². The zero-order valence-electron chi connectivity index (χ0n) is 12.4. The first kappa shape index (κ1) is 14.8. The van der Waals surface area contributed by atoms with Crippen LogP contribution in [0.4, 0.5) is 0 Å². The summed E-state index contributed by atoms with van der Waals surface area (Å²) in [5.74, 6) is 0.288. The normalized spacial score (nSPS) is 29.2. The third-order valence-corrected chi connectivity index (χ3v) is 4.37. The van der Waals surface area contributed by atoms with E-state index in [0.717, 1.165) is 32.5 Å². The maximum atomic E-state index is 12.6. The quantitative estimate of drug-likeness (QED) is 0.790. The van der Waals surface area contributed by atoms with Gasteiger partial charge in [-0.1, -0.05) is 6.92 Å². The van der Waals surface area contributed by atoms with Gasteiger partial charge in [0.25, 0.3) is 0 Å². The summed E-state index contributed by atoms with van der Waals surface area (Å²) in [5, 5.41) is 3.36. The molecule has 2 aliphatic heterocycles. The Bertz CT molecular complexity index is 301. The van der Waals surface area contributed by atoms with E-state index in [1.54, 1.807) is 0 Å². The Balaban J connectivity index is 1.87. The highest BCUT2D eigenvalue weighted by atomic mass is 16.5. The molecule has 2 atom stereocenters. The average molecular weight is 269 g/mol. The molecule has 2 heterocycles. The zero-order valence-corrected chi connectivity index (χ0v) is 12.4. The predicted molar refractivity (Wildman–Crippen MR) is 75.1 cm³/mol. The van der Waals surface area contributed by atoms with Crippen molar-refractivity contribution < 1.29 is 9.53 Å². The van der Waals surface area contributed by atoms with E-state index in [-0.39, 0.29) is 17.9 Å². The smallest absolute Gasteiger partial charge is 0.229 e. The van der Waals surface area contributed by atoms with Crippen molar-refractivity contribution in [1.29, 1.82) is 0 Å². The Kier molecular flexibility index (Phi) is 5.19. The van der Waals surface area contributed by atoms with Gasteiger partial charge in [-0.15, -0.1) is 0 Å². The number of carbonyl (C=O) groups excluding carboxylic acids is 1. The third-order valence-electron chi connectivity index (χ3n) is 4.37. The summed E-state index contributed by atoms with van der Waals surface area (Å²) in [4.78, 5) is 16.9. The van der Waals surface area contributed by atoms with E-state index >= 15 is 0 Å². The van der Waals surface area contributed by atoms with Crippen molar-refractivity contribution in [3.63, 3.8) is 0 Å². The molecule has 0 bridgehead atoms. The molecular formula is C14H27N3O2. The summed E-state index contributed by atoms with van der Waals surface area (Å²) in [5.41, 5.74) is 0. The molecule has 19 heavy (non-hydrogen) atoms. The van der Waals surface area contributed by atoms with Crippen LogP contribution in [-0.4, -0.2) is 74.7 Å². The molecule has 2 saturated heterocycles. The van der Waals surface area contributed by atoms with Gasteiger partial charge >= 0.3 is 0 Å². The molecule has 2 rings (SSSR count). The van der Waals surface area contributed by atoms with E-state index in [1.807, 2.05) is 4.90 Å². The fourth-order valence-electron chi connectivity index (χ4n) is 3.10. The Morgan fingerprint density at radius 1 is 1.32 bits per heavy atom. The Morgan fingerprint density at radius 2 is 2.00 bits per heavy atom. The molecule has 2 fully saturated rings. The van der Waals surface area contributed by atoms with E-state index in [4.69, 9.17) is 4.74 Å². The molecule has 0 saturated carbocycles. The Morgan fingerprint density at radius 3 is 2.58 bits per heavy atom. The second-order valence-electron chi connectivity index (χ2n) is 5.83. The molecule has 1 amide bonds. The largest absolute Gasteiger partial charge is 0.379 e. The molecule has 0 aromatic rings. The number of likely N-dealkylation sites (N-methyl/N-ethyl adjacent to an activating group) is 1. The van der Waals surface area contributed by atoms with Crippen LogP contribution in [0.15, 0.2) is 0 Å². The molecule has 2 aliphatic rings. The summed E-state index contributed by atoms with van der Waals surface area (Å²) < 4.78 is 5.48. The molecule has 0 radical (unpaired) electrons. The Labute approximate surface area is 116 Å². The minimum atomic E-state index is 0.0101. The van der Waals surface area contributed by atoms with Crippen molar-refractivity contribution in [3.8, 4) is 0 Å². The van der Waals surface area contributed by atoms with Gasteiger partial charge in [-0.3, -0.25) is 4.79 Å². The number of carbonyl (C=O) groups is 1. The van der Waals surface area contributed by atoms with Gasteiger partial charge in [0.1, 0.15) is 0 Å². The van der Waals surface area contributed by atoms with Crippen LogP contribution in [0, 0.1) is 5.92 Å². The van der Waals surface area contributed by atoms with Crippen LogP contribution in [0.2, 0.25) is 0 Å². The maximum absolute atomic E-state index is 12.6. The summed E-state index contributed by atoms with van der Waals surface area (Å²) in [6.07, 6.45) is 2.16. The fraction of sp³-hybridized carbons (Fsp3) is 0.929. The van der Waals surface area contributed by atoms with Gasteiger partial charge in [-0.05, 0) is 33.5 Å². The van der Waals surface area contributed by atoms with Crippen molar-refractivity contribution in [2.24, 2.45) is 5.92 Å². The lowest BCUT2D eigenvalue weighted by Crippen LogP contribution is -2.50. The van der Waals surface area contributed by atoms with E-state index in [2.05, 4.69) is 31.2 Å². The first-order chi connectivity index (χ1) is 9.13. The van der Waals surface area contributed by atoms with E-state index in [0.29, 0.717) is 19.3 Å². The average Bonchev–Trinajstić information content (AvgIpc) is 2.87. The van der Waals surface area contributed by atoms with Crippen LogP contribution >= 0.6 is 0 Å². The summed E-state index contributed by atoms with van der Waals surface area (Å²) in [7, 11) is 4.24. The number of nitrogens with one attached hydrogen (secondary N) is 1. The van der Waals surface area contributed by atoms with Gasteiger partial charge in [-0.2, -0.15) is 0 Å². The minimum Gasteiger partial charge on any atom is -0.379 e. The summed E-state index contributed by atoms with van der Waals surface area (Å²) >= 11 is 0. The van der Waals surface area contributed by atoms with Crippen LogP contribution in [0.3, 0.4) is 0 Å². The molecule has 0 aromatic heterocycles.